The molecule has 3 heteroatoms. The first kappa shape index (κ1) is 14.1. The Balaban J connectivity index is 1.93. The average Bonchev–Trinajstić information content (AvgIpc) is 2.70. The van der Waals surface area contributed by atoms with Crippen LogP contribution in [0.4, 0.5) is 5.69 Å². The van der Waals surface area contributed by atoms with Crippen LogP contribution >= 0.6 is 12.2 Å². The van der Waals surface area contributed by atoms with E-state index in [9.17, 15) is 0 Å². The molecule has 0 bridgehead atoms. The lowest BCUT2D eigenvalue weighted by Crippen LogP contribution is -2.25. The third-order valence-electron chi connectivity index (χ3n) is 4.10. The highest BCUT2D eigenvalue weighted by molar-refractivity contribution is 7.80. The quantitative estimate of drug-likeness (QED) is 0.876. The van der Waals surface area contributed by atoms with E-state index >= 15 is 0 Å². The minimum atomic E-state index is 0.480. The van der Waals surface area contributed by atoms with Crippen molar-refractivity contribution < 1.29 is 0 Å². The van der Waals surface area contributed by atoms with Gasteiger partial charge in [-0.3, -0.25) is 0 Å². The highest BCUT2D eigenvalue weighted by Gasteiger charge is 2.16. The molecule has 0 aliphatic carbocycles. The standard InChI is InChI=1S/C18H20N2S/c19-18(21)16-10-3-1-9-15(16)13-20-12-6-5-8-14-7-2-4-11-17(14)20/h1-4,7,9-11H,5-6,8,12-13H2,(H2,19,21). The number of hydrogen-bond donors (Lipinski definition) is 1. The molecule has 108 valence electrons. The number of hydrogen-bond acceptors (Lipinski definition) is 2. The minimum absolute atomic E-state index is 0.480. The molecular weight excluding hydrogens is 276 g/mol. The van der Waals surface area contributed by atoms with Gasteiger partial charge in [0.2, 0.25) is 0 Å². The van der Waals surface area contributed by atoms with Gasteiger partial charge in [0, 0.05) is 24.3 Å². The zero-order chi connectivity index (χ0) is 14.7. The van der Waals surface area contributed by atoms with Gasteiger partial charge in [0.1, 0.15) is 4.99 Å². The van der Waals surface area contributed by atoms with E-state index < -0.39 is 0 Å². The van der Waals surface area contributed by atoms with Gasteiger partial charge in [-0.1, -0.05) is 54.7 Å². The summed E-state index contributed by atoms with van der Waals surface area (Å²) in [6, 6.07) is 16.9. The van der Waals surface area contributed by atoms with E-state index in [1.807, 2.05) is 12.1 Å². The Morgan fingerprint density at radius 3 is 2.67 bits per heavy atom. The molecule has 0 aromatic heterocycles. The Bertz CT molecular complexity index is 651. The topological polar surface area (TPSA) is 29.3 Å². The number of nitrogens with zero attached hydrogens (tertiary/aromatic N) is 1. The van der Waals surface area contributed by atoms with Crippen LogP contribution in [0.2, 0.25) is 0 Å². The van der Waals surface area contributed by atoms with Gasteiger partial charge in [0.25, 0.3) is 0 Å². The van der Waals surface area contributed by atoms with Crippen molar-refractivity contribution in [2.45, 2.75) is 25.8 Å². The number of anilines is 1. The SMILES string of the molecule is NC(=S)c1ccccc1CN1CCCCc2ccccc21. The molecule has 2 nitrogen and oxygen atoms in total. The molecule has 0 saturated carbocycles. The molecule has 0 amide bonds. The zero-order valence-electron chi connectivity index (χ0n) is 12.1. The van der Waals surface area contributed by atoms with Crippen molar-refractivity contribution in [2.24, 2.45) is 5.73 Å². The summed E-state index contributed by atoms with van der Waals surface area (Å²) in [6.07, 6.45) is 3.65. The van der Waals surface area contributed by atoms with E-state index in [2.05, 4.69) is 41.3 Å². The molecule has 21 heavy (non-hydrogen) atoms. The molecule has 2 aromatic rings. The van der Waals surface area contributed by atoms with Gasteiger partial charge < -0.3 is 10.6 Å². The van der Waals surface area contributed by atoms with Gasteiger partial charge in [-0.15, -0.1) is 0 Å². The van der Waals surface area contributed by atoms with Crippen LogP contribution in [0.1, 0.15) is 29.5 Å². The maximum absolute atomic E-state index is 5.86. The van der Waals surface area contributed by atoms with Crippen LogP contribution in [0.25, 0.3) is 0 Å². The molecule has 2 aromatic carbocycles. The summed E-state index contributed by atoms with van der Waals surface area (Å²) in [7, 11) is 0. The number of fused-ring (bicyclic) bond motifs is 1. The van der Waals surface area contributed by atoms with E-state index in [1.165, 1.54) is 36.1 Å². The normalized spacial score (nSPS) is 14.4. The zero-order valence-corrected chi connectivity index (χ0v) is 12.9. The molecule has 0 radical (unpaired) electrons. The second kappa shape index (κ2) is 6.27. The number of benzene rings is 2. The van der Waals surface area contributed by atoms with E-state index in [-0.39, 0.29) is 0 Å². The van der Waals surface area contributed by atoms with Crippen molar-refractivity contribution in [3.63, 3.8) is 0 Å². The second-order valence-electron chi connectivity index (χ2n) is 5.53. The molecule has 0 unspecified atom stereocenters. The molecule has 0 atom stereocenters. The lowest BCUT2D eigenvalue weighted by atomic mass is 10.1. The lowest BCUT2D eigenvalue weighted by Gasteiger charge is -2.26. The molecule has 0 spiro atoms. The van der Waals surface area contributed by atoms with Crippen LogP contribution < -0.4 is 10.6 Å². The third-order valence-corrected chi connectivity index (χ3v) is 4.32. The Morgan fingerprint density at radius 2 is 1.81 bits per heavy atom. The van der Waals surface area contributed by atoms with Crippen LogP contribution in [0.5, 0.6) is 0 Å². The van der Waals surface area contributed by atoms with E-state index in [0.29, 0.717) is 4.99 Å². The number of thiocarbonyl (C=S) groups is 1. The molecule has 3 rings (SSSR count). The van der Waals surface area contributed by atoms with Crippen molar-refractivity contribution in [1.82, 2.24) is 0 Å². The Labute approximate surface area is 131 Å². The van der Waals surface area contributed by atoms with Crippen molar-refractivity contribution in [2.75, 3.05) is 11.4 Å². The fourth-order valence-corrected chi connectivity index (χ4v) is 3.24. The lowest BCUT2D eigenvalue weighted by molar-refractivity contribution is 0.714. The minimum Gasteiger partial charge on any atom is -0.389 e. The smallest absolute Gasteiger partial charge is 0.104 e. The highest BCUT2D eigenvalue weighted by atomic mass is 32.1. The monoisotopic (exact) mass is 296 g/mol. The maximum atomic E-state index is 5.86. The molecule has 1 aliphatic rings. The van der Waals surface area contributed by atoms with E-state index in [4.69, 9.17) is 18.0 Å². The van der Waals surface area contributed by atoms with Gasteiger partial charge >= 0.3 is 0 Å². The van der Waals surface area contributed by atoms with Crippen LogP contribution in [0.3, 0.4) is 0 Å². The van der Waals surface area contributed by atoms with Crippen molar-refractivity contribution >= 4 is 22.9 Å². The van der Waals surface area contributed by atoms with E-state index in [1.54, 1.807) is 0 Å². The summed E-state index contributed by atoms with van der Waals surface area (Å²) in [5.41, 5.74) is 10.9. The van der Waals surface area contributed by atoms with Crippen LogP contribution in [-0.4, -0.2) is 11.5 Å². The number of para-hydroxylation sites is 1. The fourth-order valence-electron chi connectivity index (χ4n) is 3.04. The summed E-state index contributed by atoms with van der Waals surface area (Å²) in [4.78, 5) is 2.94. The molecule has 0 saturated heterocycles. The number of aryl methyl sites for hydroxylation is 1. The first-order chi connectivity index (χ1) is 10.3. The van der Waals surface area contributed by atoms with Crippen molar-refractivity contribution in [3.8, 4) is 0 Å². The molecule has 1 heterocycles. The Morgan fingerprint density at radius 1 is 1.05 bits per heavy atom. The maximum Gasteiger partial charge on any atom is 0.104 e. The average molecular weight is 296 g/mol. The Hall–Kier alpha value is -1.87. The fraction of sp³-hybridized carbons (Fsp3) is 0.278. The first-order valence-electron chi connectivity index (χ1n) is 7.46. The predicted octanol–water partition coefficient (Wildman–Crippen LogP) is 3.66. The third kappa shape index (κ3) is 3.08. The van der Waals surface area contributed by atoms with Gasteiger partial charge in [-0.25, -0.2) is 0 Å². The number of nitrogens with two attached hydrogens (primary N) is 1. The summed E-state index contributed by atoms with van der Waals surface area (Å²) in [5, 5.41) is 0. The van der Waals surface area contributed by atoms with Crippen molar-refractivity contribution in [3.05, 3.63) is 65.2 Å². The molecule has 1 aliphatic heterocycles. The number of rotatable bonds is 3. The second-order valence-corrected chi connectivity index (χ2v) is 5.97. The van der Waals surface area contributed by atoms with Crippen LogP contribution in [0.15, 0.2) is 48.5 Å². The van der Waals surface area contributed by atoms with Gasteiger partial charge in [-0.05, 0) is 36.5 Å². The van der Waals surface area contributed by atoms with E-state index in [0.717, 1.165) is 18.7 Å². The van der Waals surface area contributed by atoms with Crippen molar-refractivity contribution in [1.29, 1.82) is 0 Å². The van der Waals surface area contributed by atoms with Gasteiger partial charge in [-0.2, -0.15) is 0 Å². The predicted molar refractivity (Wildman–Crippen MR) is 92.8 cm³/mol. The largest absolute Gasteiger partial charge is 0.389 e. The summed E-state index contributed by atoms with van der Waals surface area (Å²) in [5.74, 6) is 0. The highest BCUT2D eigenvalue weighted by Crippen LogP contribution is 2.28. The van der Waals surface area contributed by atoms with Gasteiger partial charge in [0.05, 0.1) is 0 Å². The van der Waals surface area contributed by atoms with Gasteiger partial charge in [0.15, 0.2) is 0 Å². The first-order valence-corrected chi connectivity index (χ1v) is 7.87. The molecule has 0 fully saturated rings. The van der Waals surface area contributed by atoms with Crippen LogP contribution in [0, 0.1) is 0 Å². The summed E-state index contributed by atoms with van der Waals surface area (Å²) >= 11 is 5.18. The summed E-state index contributed by atoms with van der Waals surface area (Å²) < 4.78 is 0. The van der Waals surface area contributed by atoms with Crippen LogP contribution in [-0.2, 0) is 13.0 Å². The Kier molecular flexibility index (Phi) is 4.20. The molecular formula is C18H20N2S. The summed E-state index contributed by atoms with van der Waals surface area (Å²) in [6.45, 7) is 1.95. The molecule has 2 N–H and O–H groups in total.